The third-order valence-corrected chi connectivity index (χ3v) is 6.26. The minimum absolute atomic E-state index is 0.666. The van der Waals surface area contributed by atoms with Crippen molar-refractivity contribution >= 4 is 15.9 Å². The summed E-state index contributed by atoms with van der Waals surface area (Å²) in [7, 11) is 0. The third kappa shape index (κ3) is 5.95. The highest BCUT2D eigenvalue weighted by molar-refractivity contribution is 9.10. The predicted octanol–water partition coefficient (Wildman–Crippen LogP) is 3.77. The largest absolute Gasteiger partial charge is 0.492 e. The van der Waals surface area contributed by atoms with E-state index in [2.05, 4.69) is 26.1 Å². The maximum absolute atomic E-state index is 10.1. The lowest BCUT2D eigenvalue weighted by Gasteiger charge is -2.28. The van der Waals surface area contributed by atoms with E-state index in [0.29, 0.717) is 5.92 Å². The van der Waals surface area contributed by atoms with Gasteiger partial charge in [-0.15, -0.1) is 0 Å². The van der Waals surface area contributed by atoms with E-state index < -0.39 is 5.60 Å². The van der Waals surface area contributed by atoms with Crippen LogP contribution in [0.25, 0.3) is 0 Å². The Bertz CT molecular complexity index is 578. The zero-order valence-corrected chi connectivity index (χ0v) is 17.7. The Balaban J connectivity index is 1.48. The van der Waals surface area contributed by atoms with Gasteiger partial charge in [0.1, 0.15) is 5.75 Å². The van der Waals surface area contributed by atoms with Gasteiger partial charge >= 0.3 is 0 Å². The molecule has 1 heterocycles. The van der Waals surface area contributed by atoms with Gasteiger partial charge < -0.3 is 20.1 Å². The predicted molar refractivity (Wildman–Crippen MR) is 110 cm³/mol. The van der Waals surface area contributed by atoms with Gasteiger partial charge in [-0.2, -0.15) is 0 Å². The fourth-order valence-corrected chi connectivity index (χ4v) is 4.22. The summed E-state index contributed by atoms with van der Waals surface area (Å²) in [6.07, 6.45) is 5.25. The summed E-state index contributed by atoms with van der Waals surface area (Å²) in [5.41, 5.74) is 0.0631. The van der Waals surface area contributed by atoms with Gasteiger partial charge in [0.05, 0.1) is 16.7 Å². The first-order valence-electron chi connectivity index (χ1n) is 10.0. The SMILES string of the molecule is CC(C)(O)c1ccc(OCC(CCCN2CCNCC2)C2CC2)c(Br)c1. The molecule has 1 unspecified atom stereocenters. The standard InChI is InChI=1S/C21H33BrN2O2/c1-21(2,25)18-7-8-20(19(22)14-18)26-15-17(16-5-6-16)4-3-11-24-12-9-23-10-13-24/h7-8,14,16-17,23,25H,3-6,9-13,15H2,1-2H3. The Labute approximate surface area is 166 Å². The van der Waals surface area contributed by atoms with Gasteiger partial charge in [-0.05, 0) is 91.5 Å². The highest BCUT2D eigenvalue weighted by Gasteiger charge is 2.31. The molecule has 1 aliphatic carbocycles. The molecule has 0 aromatic heterocycles. The van der Waals surface area contributed by atoms with Crippen LogP contribution < -0.4 is 10.1 Å². The van der Waals surface area contributed by atoms with E-state index in [9.17, 15) is 5.11 Å². The average Bonchev–Trinajstić information content (AvgIpc) is 3.44. The van der Waals surface area contributed by atoms with Crippen LogP contribution >= 0.6 is 15.9 Å². The van der Waals surface area contributed by atoms with Crippen molar-refractivity contribution in [2.75, 3.05) is 39.3 Å². The molecule has 1 aromatic rings. The summed E-state index contributed by atoms with van der Waals surface area (Å²) in [6.45, 7) is 10.2. The summed E-state index contributed by atoms with van der Waals surface area (Å²) >= 11 is 3.60. The van der Waals surface area contributed by atoms with Crippen molar-refractivity contribution in [1.29, 1.82) is 0 Å². The van der Waals surface area contributed by atoms with Crippen LogP contribution in [-0.4, -0.2) is 49.3 Å². The van der Waals surface area contributed by atoms with Crippen molar-refractivity contribution in [3.63, 3.8) is 0 Å². The molecule has 1 aromatic carbocycles. The van der Waals surface area contributed by atoms with E-state index in [0.717, 1.165) is 41.4 Å². The number of nitrogens with zero attached hydrogens (tertiary/aromatic N) is 1. The van der Waals surface area contributed by atoms with E-state index in [-0.39, 0.29) is 0 Å². The highest BCUT2D eigenvalue weighted by atomic mass is 79.9. The molecule has 1 aliphatic heterocycles. The van der Waals surface area contributed by atoms with Crippen LogP contribution in [0.5, 0.6) is 5.75 Å². The van der Waals surface area contributed by atoms with Crippen LogP contribution in [0.15, 0.2) is 22.7 Å². The first-order valence-corrected chi connectivity index (χ1v) is 10.8. The van der Waals surface area contributed by atoms with Crippen LogP contribution in [0.1, 0.15) is 45.1 Å². The van der Waals surface area contributed by atoms with Gasteiger partial charge in [0.15, 0.2) is 0 Å². The third-order valence-electron chi connectivity index (χ3n) is 5.64. The molecule has 1 saturated carbocycles. The molecule has 26 heavy (non-hydrogen) atoms. The van der Waals surface area contributed by atoms with Gasteiger partial charge in [-0.3, -0.25) is 0 Å². The number of hydrogen-bond acceptors (Lipinski definition) is 4. The summed E-state index contributed by atoms with van der Waals surface area (Å²) in [4.78, 5) is 2.58. The van der Waals surface area contributed by atoms with Crippen LogP contribution in [0, 0.1) is 11.8 Å². The molecular weight excluding hydrogens is 392 g/mol. The van der Waals surface area contributed by atoms with Crippen molar-refractivity contribution in [1.82, 2.24) is 10.2 Å². The first-order chi connectivity index (χ1) is 12.4. The van der Waals surface area contributed by atoms with Crippen molar-refractivity contribution in [2.24, 2.45) is 11.8 Å². The summed E-state index contributed by atoms with van der Waals surface area (Å²) in [5, 5.41) is 13.6. The number of piperazine rings is 1. The Kier molecular flexibility index (Phi) is 7.00. The zero-order chi connectivity index (χ0) is 18.6. The minimum Gasteiger partial charge on any atom is -0.492 e. The number of aliphatic hydroxyl groups is 1. The highest BCUT2D eigenvalue weighted by Crippen LogP contribution is 2.40. The Morgan fingerprint density at radius 1 is 1.31 bits per heavy atom. The lowest BCUT2D eigenvalue weighted by atomic mass is 9.98. The van der Waals surface area contributed by atoms with E-state index in [1.54, 1.807) is 13.8 Å². The zero-order valence-electron chi connectivity index (χ0n) is 16.1. The van der Waals surface area contributed by atoms with Crippen LogP contribution in [0.4, 0.5) is 0 Å². The summed E-state index contributed by atoms with van der Waals surface area (Å²) in [5.74, 6) is 2.40. The Hall–Kier alpha value is -0.620. The van der Waals surface area contributed by atoms with Gasteiger partial charge in [-0.25, -0.2) is 0 Å². The number of hydrogen-bond donors (Lipinski definition) is 2. The van der Waals surface area contributed by atoms with Gasteiger partial charge in [0.25, 0.3) is 0 Å². The average molecular weight is 425 g/mol. The van der Waals surface area contributed by atoms with Crippen LogP contribution in [0.2, 0.25) is 0 Å². The molecule has 2 N–H and O–H groups in total. The molecule has 0 bridgehead atoms. The van der Waals surface area contributed by atoms with Crippen LogP contribution in [0.3, 0.4) is 0 Å². The van der Waals surface area contributed by atoms with Crippen molar-refractivity contribution in [2.45, 2.75) is 45.1 Å². The second-order valence-corrected chi connectivity index (χ2v) is 9.20. The van der Waals surface area contributed by atoms with Crippen molar-refractivity contribution < 1.29 is 9.84 Å². The molecule has 0 spiro atoms. The van der Waals surface area contributed by atoms with E-state index >= 15 is 0 Å². The number of ether oxygens (including phenoxy) is 1. The van der Waals surface area contributed by atoms with E-state index in [1.807, 2.05) is 18.2 Å². The van der Waals surface area contributed by atoms with Gasteiger partial charge in [0.2, 0.25) is 0 Å². The molecule has 3 rings (SSSR count). The number of benzene rings is 1. The monoisotopic (exact) mass is 424 g/mol. The normalized spacial score (nSPS) is 20.2. The van der Waals surface area contributed by atoms with Crippen LogP contribution in [-0.2, 0) is 5.60 Å². The lowest BCUT2D eigenvalue weighted by Crippen LogP contribution is -2.43. The molecule has 4 nitrogen and oxygen atoms in total. The summed E-state index contributed by atoms with van der Waals surface area (Å²) in [6, 6.07) is 5.89. The van der Waals surface area contributed by atoms with Crippen molar-refractivity contribution in [3.8, 4) is 5.75 Å². The molecule has 2 fully saturated rings. The molecule has 2 aliphatic rings. The molecule has 1 atom stereocenters. The van der Waals surface area contributed by atoms with E-state index in [4.69, 9.17) is 4.74 Å². The number of rotatable bonds is 9. The maximum Gasteiger partial charge on any atom is 0.133 e. The second kappa shape index (κ2) is 9.05. The second-order valence-electron chi connectivity index (χ2n) is 8.35. The quantitative estimate of drug-likeness (QED) is 0.633. The molecular formula is C21H33BrN2O2. The summed E-state index contributed by atoms with van der Waals surface area (Å²) < 4.78 is 7.08. The van der Waals surface area contributed by atoms with Gasteiger partial charge in [-0.1, -0.05) is 6.07 Å². The maximum atomic E-state index is 10.1. The van der Waals surface area contributed by atoms with E-state index in [1.165, 1.54) is 45.3 Å². The molecule has 0 radical (unpaired) electrons. The number of halogens is 1. The lowest BCUT2D eigenvalue weighted by molar-refractivity contribution is 0.0784. The molecule has 1 saturated heterocycles. The smallest absolute Gasteiger partial charge is 0.133 e. The van der Waals surface area contributed by atoms with Gasteiger partial charge in [0, 0.05) is 26.2 Å². The first kappa shape index (κ1) is 20.1. The molecule has 5 heteroatoms. The molecule has 146 valence electrons. The number of nitrogens with one attached hydrogen (secondary N) is 1. The topological polar surface area (TPSA) is 44.7 Å². The minimum atomic E-state index is -0.832. The molecule has 0 amide bonds. The van der Waals surface area contributed by atoms with Crippen molar-refractivity contribution in [3.05, 3.63) is 28.2 Å². The Morgan fingerprint density at radius 3 is 2.65 bits per heavy atom. The fraction of sp³-hybridized carbons (Fsp3) is 0.714. The Morgan fingerprint density at radius 2 is 2.04 bits per heavy atom. The fourth-order valence-electron chi connectivity index (χ4n) is 3.73.